The summed E-state index contributed by atoms with van der Waals surface area (Å²) in [5.74, 6) is -0.0800. The first-order chi connectivity index (χ1) is 13.5. The highest BCUT2D eigenvalue weighted by Crippen LogP contribution is 2.35. The van der Waals surface area contributed by atoms with Crippen LogP contribution in [0.2, 0.25) is 0 Å². The van der Waals surface area contributed by atoms with Crippen molar-refractivity contribution >= 4 is 5.91 Å². The molecule has 0 aromatic heterocycles. The number of halogens is 3. The van der Waals surface area contributed by atoms with Gasteiger partial charge in [-0.1, -0.05) is 24.3 Å². The van der Waals surface area contributed by atoms with Crippen molar-refractivity contribution in [1.82, 2.24) is 9.80 Å². The molecule has 1 heterocycles. The third kappa shape index (κ3) is 4.81. The van der Waals surface area contributed by atoms with Gasteiger partial charge in [0.15, 0.2) is 0 Å². The summed E-state index contributed by atoms with van der Waals surface area (Å²) in [4.78, 5) is 17.1. The molecule has 1 fully saturated rings. The summed E-state index contributed by atoms with van der Waals surface area (Å²) in [5, 5.41) is 0. The molecule has 1 saturated heterocycles. The Balaban J connectivity index is 1.81. The maximum absolute atomic E-state index is 13.2. The summed E-state index contributed by atoms with van der Waals surface area (Å²) in [6.07, 6.45) is -4.40. The minimum atomic E-state index is -4.40. The Kier molecular flexibility index (Phi) is 5.77. The van der Waals surface area contributed by atoms with E-state index in [1.54, 1.807) is 30.3 Å². The van der Waals surface area contributed by atoms with E-state index in [1.165, 1.54) is 13.0 Å². The van der Waals surface area contributed by atoms with Gasteiger partial charge in [0.25, 0.3) is 5.91 Å². The van der Waals surface area contributed by atoms with Crippen molar-refractivity contribution in [3.63, 3.8) is 0 Å². The van der Waals surface area contributed by atoms with Crippen LogP contribution in [0.25, 0.3) is 11.1 Å². The lowest BCUT2D eigenvalue weighted by molar-refractivity contribution is -0.138. The predicted octanol–water partition coefficient (Wildman–Crippen LogP) is 5.24. The molecule has 0 spiro atoms. The zero-order chi connectivity index (χ0) is 21.4. The first-order valence-corrected chi connectivity index (χ1v) is 9.79. The molecule has 2 aromatic carbocycles. The first kappa shape index (κ1) is 21.4. The van der Waals surface area contributed by atoms with Crippen LogP contribution in [0.1, 0.15) is 42.3 Å². The van der Waals surface area contributed by atoms with Crippen molar-refractivity contribution in [3.8, 4) is 11.1 Å². The van der Waals surface area contributed by atoms with Gasteiger partial charge >= 0.3 is 6.18 Å². The number of hydrogen-bond donors (Lipinski definition) is 0. The van der Waals surface area contributed by atoms with Crippen molar-refractivity contribution in [2.45, 2.75) is 39.4 Å². The van der Waals surface area contributed by atoms with Crippen LogP contribution >= 0.6 is 0 Å². The quantitative estimate of drug-likeness (QED) is 0.684. The van der Waals surface area contributed by atoms with Crippen LogP contribution in [-0.2, 0) is 6.18 Å². The third-order valence-corrected chi connectivity index (χ3v) is 5.50. The lowest BCUT2D eigenvalue weighted by Gasteiger charge is -2.42. The van der Waals surface area contributed by atoms with Gasteiger partial charge in [-0.05, 0) is 62.6 Å². The topological polar surface area (TPSA) is 23.6 Å². The van der Waals surface area contributed by atoms with Gasteiger partial charge in [-0.25, -0.2) is 0 Å². The first-order valence-electron chi connectivity index (χ1n) is 9.79. The highest BCUT2D eigenvalue weighted by atomic mass is 19.4. The number of rotatable bonds is 2. The highest BCUT2D eigenvalue weighted by molar-refractivity contribution is 5.95. The molecule has 6 heteroatoms. The van der Waals surface area contributed by atoms with Crippen LogP contribution in [0.5, 0.6) is 0 Å². The van der Waals surface area contributed by atoms with E-state index in [0.717, 1.165) is 19.2 Å². The molecule has 29 heavy (non-hydrogen) atoms. The molecule has 1 aliphatic heterocycles. The smallest absolute Gasteiger partial charge is 0.336 e. The van der Waals surface area contributed by atoms with Gasteiger partial charge in [-0.3, -0.25) is 9.69 Å². The van der Waals surface area contributed by atoms with Crippen LogP contribution in [0.15, 0.2) is 42.5 Å². The molecule has 3 rings (SSSR count). The summed E-state index contributed by atoms with van der Waals surface area (Å²) >= 11 is 0. The van der Waals surface area contributed by atoms with E-state index in [4.69, 9.17) is 0 Å². The Morgan fingerprint density at radius 3 is 2.10 bits per heavy atom. The molecule has 0 aliphatic carbocycles. The normalized spacial score (nSPS) is 16.2. The van der Waals surface area contributed by atoms with Crippen LogP contribution in [0.4, 0.5) is 13.2 Å². The fourth-order valence-electron chi connectivity index (χ4n) is 3.70. The Hall–Kier alpha value is -2.34. The van der Waals surface area contributed by atoms with Crippen molar-refractivity contribution in [3.05, 3.63) is 59.2 Å². The number of hydrogen-bond acceptors (Lipinski definition) is 2. The molecule has 1 aliphatic rings. The largest absolute Gasteiger partial charge is 0.416 e. The summed E-state index contributed by atoms with van der Waals surface area (Å²) in [6, 6.07) is 11.2. The maximum Gasteiger partial charge on any atom is 0.416 e. The summed E-state index contributed by atoms with van der Waals surface area (Å²) in [7, 11) is 0. The molecule has 0 N–H and O–H groups in total. The number of piperazine rings is 1. The van der Waals surface area contributed by atoms with E-state index in [2.05, 4.69) is 25.7 Å². The maximum atomic E-state index is 13.2. The zero-order valence-corrected chi connectivity index (χ0v) is 17.3. The molecular weight excluding hydrogens is 377 g/mol. The summed E-state index contributed by atoms with van der Waals surface area (Å²) in [5.41, 5.74) is 1.16. The van der Waals surface area contributed by atoms with E-state index < -0.39 is 11.7 Å². The molecule has 0 unspecified atom stereocenters. The van der Waals surface area contributed by atoms with Gasteiger partial charge in [-0.2, -0.15) is 13.2 Å². The second kappa shape index (κ2) is 7.82. The molecule has 2 aromatic rings. The highest BCUT2D eigenvalue weighted by Gasteiger charge is 2.32. The minimum absolute atomic E-state index is 0.0662. The number of carbonyl (C=O) groups is 1. The number of carbonyl (C=O) groups excluding carboxylic acids is 1. The fraction of sp³-hybridized carbons (Fsp3) is 0.435. The van der Waals surface area contributed by atoms with Gasteiger partial charge < -0.3 is 4.90 Å². The van der Waals surface area contributed by atoms with E-state index in [1.807, 2.05) is 4.90 Å². The second-order valence-electron chi connectivity index (χ2n) is 8.56. The van der Waals surface area contributed by atoms with Crippen molar-refractivity contribution < 1.29 is 18.0 Å². The Morgan fingerprint density at radius 1 is 0.897 bits per heavy atom. The average Bonchev–Trinajstić information content (AvgIpc) is 2.66. The molecule has 1 amide bonds. The molecule has 0 bridgehead atoms. The number of aryl methyl sites for hydroxylation is 1. The van der Waals surface area contributed by atoms with Gasteiger partial charge in [0.05, 0.1) is 5.56 Å². The van der Waals surface area contributed by atoms with E-state index in [9.17, 15) is 18.0 Å². The van der Waals surface area contributed by atoms with Crippen LogP contribution in [-0.4, -0.2) is 47.4 Å². The predicted molar refractivity (Wildman–Crippen MR) is 109 cm³/mol. The molecule has 0 atom stereocenters. The van der Waals surface area contributed by atoms with Crippen molar-refractivity contribution in [2.24, 2.45) is 0 Å². The van der Waals surface area contributed by atoms with E-state index >= 15 is 0 Å². The van der Waals surface area contributed by atoms with Gasteiger partial charge in [0, 0.05) is 37.3 Å². The summed E-state index contributed by atoms with van der Waals surface area (Å²) < 4.78 is 39.7. The zero-order valence-electron chi connectivity index (χ0n) is 17.3. The second-order valence-corrected chi connectivity index (χ2v) is 8.56. The molecule has 0 radical (unpaired) electrons. The van der Waals surface area contributed by atoms with Crippen LogP contribution in [0, 0.1) is 6.92 Å². The van der Waals surface area contributed by atoms with Gasteiger partial charge in [0.2, 0.25) is 0 Å². The lowest BCUT2D eigenvalue weighted by Crippen LogP contribution is -2.54. The molecule has 156 valence electrons. The van der Waals surface area contributed by atoms with Crippen LogP contribution in [0.3, 0.4) is 0 Å². The third-order valence-electron chi connectivity index (χ3n) is 5.50. The number of nitrogens with zero attached hydrogens (tertiary/aromatic N) is 2. The number of benzene rings is 2. The molecule has 0 saturated carbocycles. The van der Waals surface area contributed by atoms with Gasteiger partial charge in [0.1, 0.15) is 0 Å². The monoisotopic (exact) mass is 404 g/mol. The minimum Gasteiger partial charge on any atom is -0.336 e. The number of amides is 1. The van der Waals surface area contributed by atoms with Crippen LogP contribution < -0.4 is 0 Å². The Morgan fingerprint density at radius 2 is 1.52 bits per heavy atom. The van der Waals surface area contributed by atoms with Gasteiger partial charge in [-0.15, -0.1) is 0 Å². The molecular formula is C23H27F3N2O. The van der Waals surface area contributed by atoms with Crippen molar-refractivity contribution in [1.29, 1.82) is 0 Å². The van der Waals surface area contributed by atoms with Crippen molar-refractivity contribution in [2.75, 3.05) is 26.2 Å². The Labute approximate surface area is 170 Å². The number of alkyl halides is 3. The average molecular weight is 404 g/mol. The SMILES string of the molecule is Cc1ccc(-c2cccc(C(=O)N3CCN(C(C)(C)C)CC3)c2)cc1C(F)(F)F. The fourth-order valence-corrected chi connectivity index (χ4v) is 3.70. The standard InChI is InChI=1S/C23H27F3N2O/c1-16-8-9-18(15-20(16)23(24,25)26)17-6-5-7-19(14-17)21(29)27-10-12-28(13-11-27)22(2,3)4/h5-9,14-15H,10-13H2,1-4H3. The lowest BCUT2D eigenvalue weighted by atomic mass is 9.98. The summed E-state index contributed by atoms with van der Waals surface area (Å²) in [6.45, 7) is 10.8. The van der Waals surface area contributed by atoms with E-state index in [-0.39, 0.29) is 17.0 Å². The molecule has 3 nitrogen and oxygen atoms in total. The Bertz CT molecular complexity index is 892. The van der Waals surface area contributed by atoms with E-state index in [0.29, 0.717) is 29.8 Å².